The van der Waals surface area contributed by atoms with Gasteiger partial charge in [-0.1, -0.05) is 99.3 Å². The standard InChI is InChI=1S/3C8H17O.Al/c3*1-3-5-7-8(9)6-4-2;/h3*8H,3-7H2,1-2H3;/q3*-1;+3. The van der Waals surface area contributed by atoms with Gasteiger partial charge < -0.3 is 11.4 Å². The van der Waals surface area contributed by atoms with Crippen LogP contribution in [0.15, 0.2) is 0 Å². The SMILES string of the molecule is CCCCC(CCC)[O][Al]([O]C(CCC)CCCC)[O]C(CCC)CCCC. The molecule has 0 bridgehead atoms. The predicted octanol–water partition coefficient (Wildman–Crippen LogP) is 8.10. The minimum atomic E-state index is -2.13. The smallest absolute Gasteiger partial charge is 0.452 e. The van der Waals surface area contributed by atoms with Crippen molar-refractivity contribution in [3.8, 4) is 0 Å². The van der Waals surface area contributed by atoms with Crippen molar-refractivity contribution >= 4 is 15.1 Å². The molecule has 4 heteroatoms. The van der Waals surface area contributed by atoms with Gasteiger partial charge in [0.25, 0.3) is 0 Å². The summed E-state index contributed by atoms with van der Waals surface area (Å²) in [6.07, 6.45) is 18.6. The molecule has 3 unspecified atom stereocenters. The van der Waals surface area contributed by atoms with Gasteiger partial charge >= 0.3 is 15.1 Å². The molecule has 168 valence electrons. The van der Waals surface area contributed by atoms with Gasteiger partial charge in [-0.25, -0.2) is 0 Å². The first kappa shape index (κ1) is 28.4. The van der Waals surface area contributed by atoms with Gasteiger partial charge in [-0.05, 0) is 38.5 Å². The molecule has 0 rings (SSSR count). The Morgan fingerprint density at radius 2 is 0.714 bits per heavy atom. The van der Waals surface area contributed by atoms with Crippen molar-refractivity contribution in [2.45, 2.75) is 156 Å². The maximum absolute atomic E-state index is 6.60. The van der Waals surface area contributed by atoms with Gasteiger partial charge in [0.1, 0.15) is 0 Å². The van der Waals surface area contributed by atoms with Crippen LogP contribution in [-0.4, -0.2) is 33.5 Å². The van der Waals surface area contributed by atoms with Crippen LogP contribution in [-0.2, 0) is 11.4 Å². The highest BCUT2D eigenvalue weighted by Gasteiger charge is 2.38. The Morgan fingerprint density at radius 1 is 0.429 bits per heavy atom. The lowest BCUT2D eigenvalue weighted by Gasteiger charge is -2.28. The second-order valence-electron chi connectivity index (χ2n) is 8.36. The fourth-order valence-electron chi connectivity index (χ4n) is 3.67. The molecule has 28 heavy (non-hydrogen) atoms. The van der Waals surface area contributed by atoms with E-state index in [0.29, 0.717) is 18.3 Å². The van der Waals surface area contributed by atoms with Crippen molar-refractivity contribution in [1.29, 1.82) is 0 Å². The fourth-order valence-corrected chi connectivity index (χ4v) is 5.62. The van der Waals surface area contributed by atoms with E-state index in [-0.39, 0.29) is 0 Å². The molecule has 0 saturated heterocycles. The summed E-state index contributed by atoms with van der Waals surface area (Å²) in [6, 6.07) is 0. The summed E-state index contributed by atoms with van der Waals surface area (Å²) in [7, 11) is 0. The Morgan fingerprint density at radius 3 is 0.929 bits per heavy atom. The van der Waals surface area contributed by atoms with Crippen molar-refractivity contribution in [1.82, 2.24) is 0 Å². The zero-order valence-corrected chi connectivity index (χ0v) is 21.3. The van der Waals surface area contributed by atoms with Gasteiger partial charge in [0.2, 0.25) is 0 Å². The average molecular weight is 415 g/mol. The van der Waals surface area contributed by atoms with E-state index in [1.54, 1.807) is 0 Å². The molecule has 0 fully saturated rings. The second-order valence-corrected chi connectivity index (χ2v) is 9.75. The third-order valence-electron chi connectivity index (χ3n) is 5.38. The third-order valence-corrected chi connectivity index (χ3v) is 7.20. The molecule has 0 aromatic carbocycles. The van der Waals surface area contributed by atoms with E-state index < -0.39 is 15.1 Å². The molecular weight excluding hydrogens is 363 g/mol. The molecule has 3 nitrogen and oxygen atoms in total. The lowest BCUT2D eigenvalue weighted by Crippen LogP contribution is -2.39. The predicted molar refractivity (Wildman–Crippen MR) is 124 cm³/mol. The summed E-state index contributed by atoms with van der Waals surface area (Å²) in [4.78, 5) is 0. The lowest BCUT2D eigenvalue weighted by atomic mass is 10.1. The van der Waals surface area contributed by atoms with Crippen molar-refractivity contribution in [2.75, 3.05) is 0 Å². The fraction of sp³-hybridized carbons (Fsp3) is 1.00. The Kier molecular flexibility index (Phi) is 21.0. The molecule has 0 N–H and O–H groups in total. The number of hydrogen-bond donors (Lipinski definition) is 0. The van der Waals surface area contributed by atoms with Crippen LogP contribution < -0.4 is 0 Å². The molecule has 0 radical (unpaired) electrons. The largest absolute Gasteiger partial charge is 0.906 e. The van der Waals surface area contributed by atoms with E-state index in [1.165, 1.54) is 38.5 Å². The van der Waals surface area contributed by atoms with Crippen molar-refractivity contribution in [3.63, 3.8) is 0 Å². The topological polar surface area (TPSA) is 27.7 Å². The molecule has 0 amide bonds. The Balaban J connectivity index is 5.10. The Bertz CT molecular complexity index is 267. The zero-order chi connectivity index (χ0) is 21.0. The summed E-state index contributed by atoms with van der Waals surface area (Å²) >= 11 is -2.13. The molecule has 0 aliphatic carbocycles. The van der Waals surface area contributed by atoms with Gasteiger partial charge in [0, 0.05) is 18.3 Å². The van der Waals surface area contributed by atoms with E-state index in [1.807, 2.05) is 0 Å². The molecule has 0 spiro atoms. The Hall–Kier alpha value is 0.412. The molecule has 0 heterocycles. The van der Waals surface area contributed by atoms with E-state index in [0.717, 1.165) is 57.8 Å². The first-order valence-electron chi connectivity index (χ1n) is 12.6. The van der Waals surface area contributed by atoms with Crippen molar-refractivity contribution in [3.05, 3.63) is 0 Å². The quantitative estimate of drug-likeness (QED) is 0.178. The monoisotopic (exact) mass is 414 g/mol. The van der Waals surface area contributed by atoms with Crippen molar-refractivity contribution in [2.24, 2.45) is 0 Å². The summed E-state index contributed by atoms with van der Waals surface area (Å²) in [5.74, 6) is 0. The third kappa shape index (κ3) is 15.3. The first-order chi connectivity index (χ1) is 13.6. The number of rotatable bonds is 21. The van der Waals surface area contributed by atoms with Gasteiger partial charge in [-0.3, -0.25) is 0 Å². The van der Waals surface area contributed by atoms with Gasteiger partial charge in [0.05, 0.1) is 0 Å². The van der Waals surface area contributed by atoms with Crippen LogP contribution in [0.5, 0.6) is 0 Å². The van der Waals surface area contributed by atoms with Crippen molar-refractivity contribution < 1.29 is 11.4 Å². The molecule has 0 aromatic heterocycles. The molecule has 0 aliphatic rings. The molecule has 3 atom stereocenters. The minimum absolute atomic E-state index is 0.309. The summed E-state index contributed by atoms with van der Waals surface area (Å²) in [5.41, 5.74) is 0. The van der Waals surface area contributed by atoms with E-state index in [9.17, 15) is 0 Å². The lowest BCUT2D eigenvalue weighted by molar-refractivity contribution is -0.00516. The summed E-state index contributed by atoms with van der Waals surface area (Å²) in [5, 5.41) is 0. The van der Waals surface area contributed by atoms with Crippen LogP contribution >= 0.6 is 0 Å². The van der Waals surface area contributed by atoms with E-state index in [2.05, 4.69) is 41.5 Å². The molecule has 0 saturated carbocycles. The maximum atomic E-state index is 6.60. The maximum Gasteiger partial charge on any atom is 0.906 e. The van der Waals surface area contributed by atoms with Crippen LogP contribution in [0.25, 0.3) is 0 Å². The van der Waals surface area contributed by atoms with Crippen LogP contribution in [0.2, 0.25) is 0 Å². The van der Waals surface area contributed by atoms with Crippen LogP contribution in [0.1, 0.15) is 138 Å². The van der Waals surface area contributed by atoms with Crippen LogP contribution in [0, 0.1) is 0 Å². The highest BCUT2D eigenvalue weighted by atomic mass is 27.3. The highest BCUT2D eigenvalue weighted by Crippen LogP contribution is 2.21. The van der Waals surface area contributed by atoms with E-state index in [4.69, 9.17) is 11.4 Å². The zero-order valence-electron chi connectivity index (χ0n) is 20.1. The number of unbranched alkanes of at least 4 members (excludes halogenated alkanes) is 3. The normalized spacial score (nSPS) is 14.8. The Labute approximate surface area is 182 Å². The van der Waals surface area contributed by atoms with Gasteiger partial charge in [-0.15, -0.1) is 0 Å². The summed E-state index contributed by atoms with van der Waals surface area (Å²) in [6.45, 7) is 13.5. The first-order valence-corrected chi connectivity index (χ1v) is 14.0. The second kappa shape index (κ2) is 20.7. The van der Waals surface area contributed by atoms with Gasteiger partial charge in [0.15, 0.2) is 0 Å². The number of hydrogen-bond acceptors (Lipinski definition) is 3. The average Bonchev–Trinajstić information content (AvgIpc) is 2.68. The van der Waals surface area contributed by atoms with Gasteiger partial charge in [-0.2, -0.15) is 0 Å². The molecular formula is C24H51AlO3. The molecule has 0 aliphatic heterocycles. The minimum Gasteiger partial charge on any atom is -0.452 e. The highest BCUT2D eigenvalue weighted by molar-refractivity contribution is 6.36. The van der Waals surface area contributed by atoms with Crippen LogP contribution in [0.3, 0.4) is 0 Å². The van der Waals surface area contributed by atoms with E-state index >= 15 is 0 Å². The van der Waals surface area contributed by atoms with Crippen LogP contribution in [0.4, 0.5) is 0 Å². The summed E-state index contributed by atoms with van der Waals surface area (Å²) < 4.78 is 19.8. The molecule has 0 aromatic rings.